The first-order chi connectivity index (χ1) is 10.5. The summed E-state index contributed by atoms with van der Waals surface area (Å²) >= 11 is 5.72. The molecule has 0 saturated heterocycles. The largest absolute Gasteiger partial charge is 0.357 e. The highest BCUT2D eigenvalue weighted by Crippen LogP contribution is 2.25. The third kappa shape index (κ3) is 3.70. The molecule has 0 aliphatic carbocycles. The molecule has 1 amide bonds. The summed E-state index contributed by atoms with van der Waals surface area (Å²) in [6.45, 7) is 0. The molecular weight excluding hydrogens is 312 g/mol. The molecule has 2 aromatic rings. The van der Waals surface area contributed by atoms with Gasteiger partial charge in [0, 0.05) is 37.6 Å². The van der Waals surface area contributed by atoms with Crippen LogP contribution in [0.5, 0.6) is 0 Å². The van der Waals surface area contributed by atoms with E-state index in [4.69, 9.17) is 11.6 Å². The van der Waals surface area contributed by atoms with Gasteiger partial charge in [-0.15, -0.1) is 0 Å². The maximum absolute atomic E-state index is 12.0. The molecule has 2 aromatic heterocycles. The number of nitro groups is 1. The number of likely N-dealkylation sites (N-methyl/N-ethyl adjacent to an activating group) is 1. The zero-order valence-corrected chi connectivity index (χ0v) is 12.3. The van der Waals surface area contributed by atoms with Crippen LogP contribution in [-0.2, 0) is 11.2 Å². The molecule has 0 spiro atoms. The molecule has 0 aliphatic rings. The van der Waals surface area contributed by atoms with E-state index in [0.717, 1.165) is 0 Å². The van der Waals surface area contributed by atoms with Gasteiger partial charge in [0.25, 0.3) is 0 Å². The van der Waals surface area contributed by atoms with Gasteiger partial charge in [-0.1, -0.05) is 11.6 Å². The van der Waals surface area contributed by atoms with Crippen molar-refractivity contribution in [1.82, 2.24) is 20.3 Å². The average molecular weight is 325 g/mol. The van der Waals surface area contributed by atoms with E-state index >= 15 is 0 Å². The van der Waals surface area contributed by atoms with E-state index < -0.39 is 11.0 Å². The Balaban J connectivity index is 2.27. The van der Waals surface area contributed by atoms with Crippen molar-refractivity contribution < 1.29 is 9.72 Å². The van der Waals surface area contributed by atoms with E-state index in [1.807, 2.05) is 0 Å². The Morgan fingerprint density at radius 2 is 2.32 bits per heavy atom. The second kappa shape index (κ2) is 6.85. The van der Waals surface area contributed by atoms with Crippen LogP contribution in [0.25, 0.3) is 0 Å². The summed E-state index contributed by atoms with van der Waals surface area (Å²) in [5, 5.41) is 16.5. The SMILES string of the molecule is CNC(=O)[C@H](Cc1cnc[nH]1)Nc1ncc(Cl)cc1[N+](=O)[O-]. The number of carbonyl (C=O) groups excluding carboxylic acids is 1. The molecule has 10 heteroatoms. The number of imidazole rings is 1. The summed E-state index contributed by atoms with van der Waals surface area (Å²) < 4.78 is 0. The van der Waals surface area contributed by atoms with Gasteiger partial charge in [-0.2, -0.15) is 0 Å². The first kappa shape index (κ1) is 15.7. The van der Waals surface area contributed by atoms with Crippen molar-refractivity contribution in [2.45, 2.75) is 12.5 Å². The Bertz CT molecular complexity index is 676. The van der Waals surface area contributed by atoms with Crippen LogP contribution in [0, 0.1) is 10.1 Å². The van der Waals surface area contributed by atoms with Crippen molar-refractivity contribution in [2.75, 3.05) is 12.4 Å². The smallest absolute Gasteiger partial charge is 0.312 e. The third-order valence-electron chi connectivity index (χ3n) is 2.88. The lowest BCUT2D eigenvalue weighted by Crippen LogP contribution is -2.39. The number of nitrogens with one attached hydrogen (secondary N) is 3. The minimum Gasteiger partial charge on any atom is -0.357 e. The van der Waals surface area contributed by atoms with Gasteiger partial charge in [-0.05, 0) is 0 Å². The van der Waals surface area contributed by atoms with Gasteiger partial charge < -0.3 is 15.6 Å². The lowest BCUT2D eigenvalue weighted by molar-refractivity contribution is -0.384. The van der Waals surface area contributed by atoms with E-state index in [-0.39, 0.29) is 28.9 Å². The van der Waals surface area contributed by atoms with Crippen LogP contribution in [0.4, 0.5) is 11.5 Å². The molecular formula is C12H13ClN6O3. The van der Waals surface area contributed by atoms with Crippen LogP contribution < -0.4 is 10.6 Å². The number of pyridine rings is 1. The molecule has 3 N–H and O–H groups in total. The predicted molar refractivity (Wildman–Crippen MR) is 79.7 cm³/mol. The van der Waals surface area contributed by atoms with Gasteiger partial charge in [0.2, 0.25) is 11.7 Å². The number of aromatic nitrogens is 3. The van der Waals surface area contributed by atoms with Gasteiger partial charge in [-0.25, -0.2) is 9.97 Å². The fourth-order valence-electron chi connectivity index (χ4n) is 1.84. The zero-order valence-electron chi connectivity index (χ0n) is 11.5. The maximum atomic E-state index is 12.0. The molecule has 1 atom stereocenters. The van der Waals surface area contributed by atoms with E-state index in [9.17, 15) is 14.9 Å². The maximum Gasteiger partial charge on any atom is 0.312 e. The van der Waals surface area contributed by atoms with Crippen LogP contribution in [-0.4, -0.2) is 38.9 Å². The van der Waals surface area contributed by atoms with Crippen LogP contribution >= 0.6 is 11.6 Å². The topological polar surface area (TPSA) is 126 Å². The monoisotopic (exact) mass is 324 g/mol. The molecule has 0 radical (unpaired) electrons. The normalized spacial score (nSPS) is 11.7. The van der Waals surface area contributed by atoms with E-state index in [1.54, 1.807) is 6.20 Å². The van der Waals surface area contributed by atoms with Crippen molar-refractivity contribution in [2.24, 2.45) is 0 Å². The van der Waals surface area contributed by atoms with Crippen molar-refractivity contribution >= 4 is 29.0 Å². The Labute approximate surface area is 130 Å². The number of hydrogen-bond acceptors (Lipinski definition) is 6. The quantitative estimate of drug-likeness (QED) is 0.540. The summed E-state index contributed by atoms with van der Waals surface area (Å²) in [4.78, 5) is 33.0. The van der Waals surface area contributed by atoms with Gasteiger partial charge in [0.05, 0.1) is 16.3 Å². The number of nitrogens with zero attached hydrogens (tertiary/aromatic N) is 3. The molecule has 0 aliphatic heterocycles. The van der Waals surface area contributed by atoms with Crippen LogP contribution in [0.3, 0.4) is 0 Å². The fourth-order valence-corrected chi connectivity index (χ4v) is 2.00. The van der Waals surface area contributed by atoms with Crippen LogP contribution in [0.1, 0.15) is 5.69 Å². The highest BCUT2D eigenvalue weighted by atomic mass is 35.5. The molecule has 0 fully saturated rings. The third-order valence-corrected chi connectivity index (χ3v) is 3.09. The molecule has 9 nitrogen and oxygen atoms in total. The highest BCUT2D eigenvalue weighted by Gasteiger charge is 2.24. The average Bonchev–Trinajstić information content (AvgIpc) is 3.00. The molecule has 22 heavy (non-hydrogen) atoms. The van der Waals surface area contributed by atoms with Crippen molar-refractivity contribution in [3.8, 4) is 0 Å². The number of H-pyrrole nitrogens is 1. The minimum atomic E-state index is -0.752. The molecule has 116 valence electrons. The second-order valence-corrected chi connectivity index (χ2v) is 4.81. The lowest BCUT2D eigenvalue weighted by Gasteiger charge is -2.17. The number of anilines is 1. The first-order valence-electron chi connectivity index (χ1n) is 6.26. The standard InChI is InChI=1S/C12H13ClN6O3/c1-14-12(20)9(3-8-5-15-6-17-8)18-11-10(19(21)22)2-7(13)4-16-11/h2,4-6,9H,3H2,1H3,(H,14,20)(H,15,17)(H,16,18)/t9-/m0/s1. The van der Waals surface area contributed by atoms with E-state index in [2.05, 4.69) is 25.6 Å². The first-order valence-corrected chi connectivity index (χ1v) is 6.64. The van der Waals surface area contributed by atoms with Gasteiger partial charge in [0.1, 0.15) is 6.04 Å². The molecule has 2 rings (SSSR count). The summed E-state index contributed by atoms with van der Waals surface area (Å²) in [5.41, 5.74) is 0.406. The van der Waals surface area contributed by atoms with Gasteiger partial charge in [-0.3, -0.25) is 14.9 Å². The van der Waals surface area contributed by atoms with Gasteiger partial charge >= 0.3 is 5.69 Å². The number of carbonyl (C=O) groups is 1. The number of rotatable bonds is 6. The summed E-state index contributed by atoms with van der Waals surface area (Å²) in [6, 6.07) is 0.423. The molecule has 0 unspecified atom stereocenters. The fraction of sp³-hybridized carbons (Fsp3) is 0.250. The number of amides is 1. The van der Waals surface area contributed by atoms with Crippen LogP contribution in [0.2, 0.25) is 5.02 Å². The summed E-state index contributed by atoms with van der Waals surface area (Å²) in [6.07, 6.45) is 4.59. The Hall–Kier alpha value is -2.68. The molecule has 2 heterocycles. The van der Waals surface area contributed by atoms with Gasteiger partial charge in [0.15, 0.2) is 0 Å². The van der Waals surface area contributed by atoms with E-state index in [1.165, 1.54) is 25.6 Å². The predicted octanol–water partition coefficient (Wildman–Crippen LogP) is 1.14. The summed E-state index contributed by atoms with van der Waals surface area (Å²) in [7, 11) is 1.48. The highest BCUT2D eigenvalue weighted by molar-refractivity contribution is 6.30. The van der Waals surface area contributed by atoms with Crippen LogP contribution in [0.15, 0.2) is 24.8 Å². The van der Waals surface area contributed by atoms with Crippen molar-refractivity contribution in [3.05, 3.63) is 45.6 Å². The Morgan fingerprint density at radius 3 is 2.91 bits per heavy atom. The Morgan fingerprint density at radius 1 is 1.55 bits per heavy atom. The molecule has 0 bridgehead atoms. The van der Waals surface area contributed by atoms with E-state index in [0.29, 0.717) is 5.69 Å². The van der Waals surface area contributed by atoms with Crippen molar-refractivity contribution in [1.29, 1.82) is 0 Å². The molecule has 0 aromatic carbocycles. The molecule has 0 saturated carbocycles. The number of aromatic amines is 1. The lowest BCUT2D eigenvalue weighted by atomic mass is 10.1. The summed E-state index contributed by atoms with van der Waals surface area (Å²) in [5.74, 6) is -0.358. The minimum absolute atomic E-state index is 0.0254. The van der Waals surface area contributed by atoms with Crippen molar-refractivity contribution in [3.63, 3.8) is 0 Å². The zero-order chi connectivity index (χ0) is 16.1. The second-order valence-electron chi connectivity index (χ2n) is 4.37. The Kier molecular flexibility index (Phi) is 4.89. The number of halogens is 1. The number of hydrogen-bond donors (Lipinski definition) is 3.